The van der Waals surface area contributed by atoms with Gasteiger partial charge in [-0.15, -0.1) is 0 Å². The number of carbonyl (C=O) groups excluding carboxylic acids is 1. The number of anilines is 2. The predicted molar refractivity (Wildman–Crippen MR) is 103 cm³/mol. The second kappa shape index (κ2) is 6.44. The zero-order valence-electron chi connectivity index (χ0n) is 15.3. The number of hydrogen-bond donors (Lipinski definition) is 1. The topological polar surface area (TPSA) is 62.5 Å². The number of amides is 1. The first kappa shape index (κ1) is 16.6. The molecule has 1 aliphatic rings. The maximum absolute atomic E-state index is 12.5. The Hall–Kier alpha value is -2.89. The predicted octanol–water partition coefficient (Wildman–Crippen LogP) is 3.38. The summed E-state index contributed by atoms with van der Waals surface area (Å²) in [5.41, 5.74) is 3.97. The van der Waals surface area contributed by atoms with E-state index in [1.54, 1.807) is 10.7 Å². The molecule has 1 amide bonds. The van der Waals surface area contributed by atoms with E-state index in [-0.39, 0.29) is 11.9 Å². The number of nitrogens with one attached hydrogen (secondary N) is 1. The van der Waals surface area contributed by atoms with Gasteiger partial charge < -0.3 is 10.2 Å². The van der Waals surface area contributed by atoms with Crippen LogP contribution in [0.3, 0.4) is 0 Å². The molecular formula is C20H23N5O. The van der Waals surface area contributed by atoms with E-state index in [4.69, 9.17) is 0 Å². The van der Waals surface area contributed by atoms with E-state index in [0.29, 0.717) is 18.9 Å². The molecule has 134 valence electrons. The fourth-order valence-corrected chi connectivity index (χ4v) is 3.32. The van der Waals surface area contributed by atoms with Crippen molar-refractivity contribution in [2.75, 3.05) is 16.8 Å². The Kier molecular flexibility index (Phi) is 4.11. The lowest BCUT2D eigenvalue weighted by molar-refractivity contribution is -0.117. The van der Waals surface area contributed by atoms with Crippen LogP contribution in [0.15, 0.2) is 42.6 Å². The van der Waals surface area contributed by atoms with Crippen LogP contribution in [0.1, 0.15) is 37.4 Å². The van der Waals surface area contributed by atoms with E-state index in [1.807, 2.05) is 48.2 Å². The van der Waals surface area contributed by atoms with Crippen molar-refractivity contribution >= 4 is 23.1 Å². The molecule has 0 saturated carbocycles. The van der Waals surface area contributed by atoms with Gasteiger partial charge in [0.15, 0.2) is 5.65 Å². The molecule has 2 aromatic heterocycles. The molecular weight excluding hydrogens is 326 g/mol. The van der Waals surface area contributed by atoms with Gasteiger partial charge in [-0.2, -0.15) is 9.61 Å². The van der Waals surface area contributed by atoms with Gasteiger partial charge in [-0.05, 0) is 25.0 Å². The summed E-state index contributed by atoms with van der Waals surface area (Å²) in [5.74, 6) is 1.35. The van der Waals surface area contributed by atoms with Crippen molar-refractivity contribution in [2.24, 2.45) is 0 Å². The molecule has 1 aliphatic heterocycles. The lowest BCUT2D eigenvalue weighted by Gasteiger charge is -2.19. The third-order valence-electron chi connectivity index (χ3n) is 4.79. The number of benzene rings is 1. The summed E-state index contributed by atoms with van der Waals surface area (Å²) in [6.07, 6.45) is 2.21. The van der Waals surface area contributed by atoms with Crippen LogP contribution >= 0.6 is 0 Å². The third kappa shape index (κ3) is 3.03. The molecule has 0 unspecified atom stereocenters. The van der Waals surface area contributed by atoms with Crippen molar-refractivity contribution in [3.8, 4) is 0 Å². The molecule has 0 aliphatic carbocycles. The Morgan fingerprint density at radius 2 is 1.96 bits per heavy atom. The first-order chi connectivity index (χ1) is 12.5. The van der Waals surface area contributed by atoms with E-state index >= 15 is 0 Å². The zero-order chi connectivity index (χ0) is 18.3. The van der Waals surface area contributed by atoms with Gasteiger partial charge in [0.25, 0.3) is 0 Å². The van der Waals surface area contributed by atoms with E-state index in [1.165, 1.54) is 5.56 Å². The standard InChI is InChI=1S/C20H23N5O/c1-13(2)17-11-19(25-18(23-17)8-9-21-25)22-15-10-20(26)24(12-15)16-6-4-14(3)5-7-16/h4-9,11,13,15,22H,10,12H2,1-3H3/t15-/m0/s1. The lowest BCUT2D eigenvalue weighted by Crippen LogP contribution is -2.28. The van der Waals surface area contributed by atoms with Crippen molar-refractivity contribution in [1.82, 2.24) is 14.6 Å². The van der Waals surface area contributed by atoms with Crippen LogP contribution in [0, 0.1) is 6.92 Å². The summed E-state index contributed by atoms with van der Waals surface area (Å²) in [6.45, 7) is 6.93. The summed E-state index contributed by atoms with van der Waals surface area (Å²) in [6, 6.07) is 12.1. The Bertz CT molecular complexity index is 944. The molecule has 1 fully saturated rings. The van der Waals surface area contributed by atoms with Gasteiger partial charge in [0.2, 0.25) is 5.91 Å². The summed E-state index contributed by atoms with van der Waals surface area (Å²) in [5, 5.41) is 7.86. The van der Waals surface area contributed by atoms with Gasteiger partial charge in [-0.25, -0.2) is 4.98 Å². The van der Waals surface area contributed by atoms with Crippen molar-refractivity contribution in [3.05, 3.63) is 53.9 Å². The summed E-state index contributed by atoms with van der Waals surface area (Å²) < 4.78 is 1.80. The second-order valence-corrected chi connectivity index (χ2v) is 7.21. The Labute approximate surface area is 152 Å². The Morgan fingerprint density at radius 1 is 1.19 bits per heavy atom. The summed E-state index contributed by atoms with van der Waals surface area (Å²) in [7, 11) is 0. The number of carbonyl (C=O) groups is 1. The molecule has 6 heteroatoms. The van der Waals surface area contributed by atoms with Gasteiger partial charge in [-0.3, -0.25) is 4.79 Å². The number of rotatable bonds is 4. The van der Waals surface area contributed by atoms with E-state index in [0.717, 1.165) is 22.8 Å². The minimum atomic E-state index is 0.0404. The van der Waals surface area contributed by atoms with Crippen molar-refractivity contribution < 1.29 is 4.79 Å². The fourth-order valence-electron chi connectivity index (χ4n) is 3.32. The van der Waals surface area contributed by atoms with Gasteiger partial charge in [0.05, 0.1) is 12.2 Å². The first-order valence-corrected chi connectivity index (χ1v) is 8.99. The van der Waals surface area contributed by atoms with Gasteiger partial charge in [0, 0.05) is 36.5 Å². The second-order valence-electron chi connectivity index (χ2n) is 7.21. The van der Waals surface area contributed by atoms with Crippen molar-refractivity contribution in [3.63, 3.8) is 0 Å². The van der Waals surface area contributed by atoms with Crippen LogP contribution in [0.25, 0.3) is 5.65 Å². The lowest BCUT2D eigenvalue weighted by atomic mass is 10.1. The molecule has 0 spiro atoms. The summed E-state index contributed by atoms with van der Waals surface area (Å²) in [4.78, 5) is 19.0. The largest absolute Gasteiger partial charge is 0.365 e. The third-order valence-corrected chi connectivity index (χ3v) is 4.79. The number of aryl methyl sites for hydroxylation is 1. The van der Waals surface area contributed by atoms with Crippen LogP contribution in [0.4, 0.5) is 11.5 Å². The zero-order valence-corrected chi connectivity index (χ0v) is 15.3. The molecule has 1 N–H and O–H groups in total. The highest BCUT2D eigenvalue weighted by atomic mass is 16.2. The van der Waals surface area contributed by atoms with Crippen LogP contribution in [-0.4, -0.2) is 33.1 Å². The van der Waals surface area contributed by atoms with Crippen LogP contribution < -0.4 is 10.2 Å². The molecule has 1 saturated heterocycles. The summed E-state index contributed by atoms with van der Waals surface area (Å²) >= 11 is 0. The quantitative estimate of drug-likeness (QED) is 0.784. The minimum Gasteiger partial charge on any atom is -0.365 e. The molecule has 0 radical (unpaired) electrons. The highest BCUT2D eigenvalue weighted by Gasteiger charge is 2.31. The van der Waals surface area contributed by atoms with E-state index in [9.17, 15) is 4.79 Å². The molecule has 3 heterocycles. The molecule has 0 bridgehead atoms. The number of fused-ring (bicyclic) bond motifs is 1. The Balaban J connectivity index is 1.58. The van der Waals surface area contributed by atoms with Crippen molar-refractivity contribution in [1.29, 1.82) is 0 Å². The smallest absolute Gasteiger partial charge is 0.229 e. The fraction of sp³-hybridized carbons (Fsp3) is 0.350. The monoisotopic (exact) mass is 349 g/mol. The van der Waals surface area contributed by atoms with Crippen LogP contribution in [0.2, 0.25) is 0 Å². The van der Waals surface area contributed by atoms with Crippen LogP contribution in [-0.2, 0) is 4.79 Å². The first-order valence-electron chi connectivity index (χ1n) is 8.99. The Morgan fingerprint density at radius 3 is 2.69 bits per heavy atom. The van der Waals surface area contributed by atoms with Gasteiger partial charge in [-0.1, -0.05) is 31.5 Å². The average molecular weight is 349 g/mol. The molecule has 3 aromatic rings. The number of aromatic nitrogens is 3. The minimum absolute atomic E-state index is 0.0404. The van der Waals surface area contributed by atoms with Gasteiger partial charge in [0.1, 0.15) is 5.82 Å². The normalized spacial score (nSPS) is 17.5. The van der Waals surface area contributed by atoms with Gasteiger partial charge >= 0.3 is 0 Å². The number of hydrogen-bond acceptors (Lipinski definition) is 4. The molecule has 26 heavy (non-hydrogen) atoms. The molecule has 1 atom stereocenters. The molecule has 4 rings (SSSR count). The number of nitrogens with zero attached hydrogens (tertiary/aromatic N) is 4. The maximum atomic E-state index is 12.5. The highest BCUT2D eigenvalue weighted by molar-refractivity contribution is 5.96. The molecule has 1 aromatic carbocycles. The van der Waals surface area contributed by atoms with Crippen LogP contribution in [0.5, 0.6) is 0 Å². The maximum Gasteiger partial charge on any atom is 0.229 e. The van der Waals surface area contributed by atoms with E-state index < -0.39 is 0 Å². The molecule has 6 nitrogen and oxygen atoms in total. The van der Waals surface area contributed by atoms with Crippen molar-refractivity contribution in [2.45, 2.75) is 39.2 Å². The SMILES string of the molecule is Cc1ccc(N2C[C@@H](Nc3cc(C(C)C)nc4ccnn34)CC2=O)cc1. The average Bonchev–Trinajstić information content (AvgIpc) is 3.22. The highest BCUT2D eigenvalue weighted by Crippen LogP contribution is 2.25. The van der Waals surface area contributed by atoms with E-state index in [2.05, 4.69) is 29.2 Å².